The minimum Gasteiger partial charge on any atom is -0.466 e. The Kier molecular flexibility index (Phi) is 5.76. The van der Waals surface area contributed by atoms with Crippen molar-refractivity contribution in [2.24, 2.45) is 0 Å². The summed E-state index contributed by atoms with van der Waals surface area (Å²) in [6.45, 7) is 11.9. The van der Waals surface area contributed by atoms with Crippen molar-refractivity contribution in [3.8, 4) is 0 Å². The van der Waals surface area contributed by atoms with Crippen LogP contribution in [0.4, 0.5) is 0 Å². The van der Waals surface area contributed by atoms with E-state index in [4.69, 9.17) is 4.42 Å². The molecule has 1 aromatic heterocycles. The molecule has 0 spiro atoms. The lowest BCUT2D eigenvalue weighted by Gasteiger charge is -2.19. The van der Waals surface area contributed by atoms with E-state index in [0.29, 0.717) is 6.04 Å². The van der Waals surface area contributed by atoms with E-state index in [1.165, 1.54) is 36.8 Å². The second-order valence-corrected chi connectivity index (χ2v) is 4.90. The van der Waals surface area contributed by atoms with Gasteiger partial charge in [-0.15, -0.1) is 0 Å². The molecule has 1 atom stereocenters. The zero-order chi connectivity index (χ0) is 12.8. The summed E-state index contributed by atoms with van der Waals surface area (Å²) in [5.74, 6) is 2.15. The summed E-state index contributed by atoms with van der Waals surface area (Å²) in [7, 11) is 0. The van der Waals surface area contributed by atoms with Crippen LogP contribution in [0.15, 0.2) is 4.42 Å². The molecular formula is C15H27NO. The van der Waals surface area contributed by atoms with Gasteiger partial charge < -0.3 is 9.73 Å². The predicted molar refractivity (Wildman–Crippen MR) is 73.5 cm³/mol. The lowest BCUT2D eigenvalue weighted by molar-refractivity contribution is 0.458. The molecule has 0 fully saturated rings. The molecule has 1 unspecified atom stereocenters. The number of unbranched alkanes of at least 4 members (excludes halogenated alkanes) is 1. The van der Waals surface area contributed by atoms with Crippen LogP contribution in [0.5, 0.6) is 0 Å². The molecule has 0 saturated carbocycles. The fraction of sp³-hybridized carbons (Fsp3) is 0.733. The first-order valence-corrected chi connectivity index (χ1v) is 6.91. The van der Waals surface area contributed by atoms with Crippen molar-refractivity contribution in [2.45, 2.75) is 66.3 Å². The highest BCUT2D eigenvalue weighted by atomic mass is 16.3. The van der Waals surface area contributed by atoms with Crippen LogP contribution < -0.4 is 5.32 Å². The van der Waals surface area contributed by atoms with Gasteiger partial charge >= 0.3 is 0 Å². The third-order valence-electron chi connectivity index (χ3n) is 3.45. The van der Waals surface area contributed by atoms with Crippen LogP contribution >= 0.6 is 0 Å². The van der Waals surface area contributed by atoms with E-state index in [9.17, 15) is 0 Å². The Bertz CT molecular complexity index is 333. The maximum absolute atomic E-state index is 5.75. The van der Waals surface area contributed by atoms with Gasteiger partial charge in [-0.3, -0.25) is 0 Å². The monoisotopic (exact) mass is 237 g/mol. The first-order valence-electron chi connectivity index (χ1n) is 6.91. The Morgan fingerprint density at radius 3 is 2.24 bits per heavy atom. The van der Waals surface area contributed by atoms with Gasteiger partial charge in [-0.2, -0.15) is 0 Å². The van der Waals surface area contributed by atoms with Crippen molar-refractivity contribution in [2.75, 3.05) is 6.54 Å². The van der Waals surface area contributed by atoms with Crippen LogP contribution in [0, 0.1) is 20.8 Å². The van der Waals surface area contributed by atoms with E-state index in [1.807, 2.05) is 0 Å². The molecule has 2 heteroatoms. The molecule has 1 rings (SSSR count). The van der Waals surface area contributed by atoms with Gasteiger partial charge in [0.05, 0.1) is 0 Å². The minimum absolute atomic E-state index is 0.465. The van der Waals surface area contributed by atoms with E-state index < -0.39 is 0 Å². The molecule has 0 amide bonds. The highest BCUT2D eigenvalue weighted by Crippen LogP contribution is 2.30. The van der Waals surface area contributed by atoms with E-state index in [1.54, 1.807) is 0 Å². The molecule has 0 bridgehead atoms. The van der Waals surface area contributed by atoms with Gasteiger partial charge in [0, 0.05) is 11.6 Å². The number of nitrogens with one attached hydrogen (secondary N) is 1. The summed E-state index contributed by atoms with van der Waals surface area (Å²) < 4.78 is 5.75. The molecule has 0 aliphatic heterocycles. The van der Waals surface area contributed by atoms with Crippen LogP contribution in [0.3, 0.4) is 0 Å². The third-order valence-corrected chi connectivity index (χ3v) is 3.45. The Balaban J connectivity index is 2.86. The SMILES string of the molecule is CCCCC(NCCC)c1c(C)oc(C)c1C. The normalized spacial score (nSPS) is 13.0. The van der Waals surface area contributed by atoms with Crippen molar-refractivity contribution in [3.05, 3.63) is 22.6 Å². The summed E-state index contributed by atoms with van der Waals surface area (Å²) in [6, 6.07) is 0.465. The Labute approximate surface area is 106 Å². The zero-order valence-corrected chi connectivity index (χ0v) is 12.0. The average molecular weight is 237 g/mol. The molecule has 0 saturated heterocycles. The highest BCUT2D eigenvalue weighted by Gasteiger charge is 2.19. The van der Waals surface area contributed by atoms with Crippen LogP contribution in [0.2, 0.25) is 0 Å². The lowest BCUT2D eigenvalue weighted by Crippen LogP contribution is -2.23. The van der Waals surface area contributed by atoms with Gasteiger partial charge in [0.2, 0.25) is 0 Å². The number of aryl methyl sites for hydroxylation is 2. The molecule has 1 aromatic rings. The topological polar surface area (TPSA) is 25.2 Å². The fourth-order valence-corrected chi connectivity index (χ4v) is 2.40. The van der Waals surface area contributed by atoms with Gasteiger partial charge in [0.15, 0.2) is 0 Å². The zero-order valence-electron chi connectivity index (χ0n) is 12.0. The molecule has 0 aliphatic rings. The second kappa shape index (κ2) is 6.85. The van der Waals surface area contributed by atoms with Gasteiger partial charge in [-0.25, -0.2) is 0 Å². The molecule has 0 aliphatic carbocycles. The largest absolute Gasteiger partial charge is 0.466 e. The molecule has 1 N–H and O–H groups in total. The number of rotatable bonds is 7. The Morgan fingerprint density at radius 2 is 1.76 bits per heavy atom. The van der Waals surface area contributed by atoms with E-state index >= 15 is 0 Å². The quantitative estimate of drug-likeness (QED) is 0.758. The number of hydrogen-bond acceptors (Lipinski definition) is 2. The minimum atomic E-state index is 0.465. The number of hydrogen-bond donors (Lipinski definition) is 1. The van der Waals surface area contributed by atoms with Crippen molar-refractivity contribution in [3.63, 3.8) is 0 Å². The number of furan rings is 1. The molecule has 17 heavy (non-hydrogen) atoms. The summed E-state index contributed by atoms with van der Waals surface area (Å²) in [4.78, 5) is 0. The summed E-state index contributed by atoms with van der Waals surface area (Å²) >= 11 is 0. The first kappa shape index (κ1) is 14.3. The maximum atomic E-state index is 5.75. The van der Waals surface area contributed by atoms with Crippen LogP contribution in [0.25, 0.3) is 0 Å². The molecule has 0 radical (unpaired) electrons. The van der Waals surface area contributed by atoms with Gasteiger partial charge in [0.25, 0.3) is 0 Å². The van der Waals surface area contributed by atoms with Crippen LogP contribution in [-0.4, -0.2) is 6.54 Å². The van der Waals surface area contributed by atoms with Crippen LogP contribution in [-0.2, 0) is 0 Å². The van der Waals surface area contributed by atoms with Crippen molar-refractivity contribution < 1.29 is 4.42 Å². The molecule has 2 nitrogen and oxygen atoms in total. The standard InChI is InChI=1S/C15H27NO/c1-6-8-9-14(16-10-7-2)15-11(3)12(4)17-13(15)5/h14,16H,6-10H2,1-5H3. The molecule has 1 heterocycles. The van der Waals surface area contributed by atoms with Gasteiger partial charge in [0.1, 0.15) is 11.5 Å². The van der Waals surface area contributed by atoms with Crippen molar-refractivity contribution in [1.82, 2.24) is 5.32 Å². The lowest BCUT2D eigenvalue weighted by atomic mass is 9.97. The van der Waals surface area contributed by atoms with Crippen molar-refractivity contribution >= 4 is 0 Å². The average Bonchev–Trinajstić information content (AvgIpc) is 2.55. The van der Waals surface area contributed by atoms with E-state index in [-0.39, 0.29) is 0 Å². The molecule has 0 aromatic carbocycles. The first-order chi connectivity index (χ1) is 8.11. The summed E-state index contributed by atoms with van der Waals surface area (Å²) in [6.07, 6.45) is 4.90. The van der Waals surface area contributed by atoms with E-state index in [2.05, 4.69) is 39.9 Å². The Hall–Kier alpha value is -0.760. The summed E-state index contributed by atoms with van der Waals surface area (Å²) in [5.41, 5.74) is 2.72. The smallest absolute Gasteiger partial charge is 0.106 e. The second-order valence-electron chi connectivity index (χ2n) is 4.90. The fourth-order valence-electron chi connectivity index (χ4n) is 2.40. The third kappa shape index (κ3) is 3.60. The summed E-state index contributed by atoms with van der Waals surface area (Å²) in [5, 5.41) is 3.66. The highest BCUT2D eigenvalue weighted by molar-refractivity contribution is 5.34. The Morgan fingerprint density at radius 1 is 1.06 bits per heavy atom. The van der Waals surface area contributed by atoms with Gasteiger partial charge in [-0.1, -0.05) is 26.7 Å². The molecule has 98 valence electrons. The van der Waals surface area contributed by atoms with Crippen LogP contribution in [0.1, 0.15) is 68.2 Å². The maximum Gasteiger partial charge on any atom is 0.106 e. The van der Waals surface area contributed by atoms with E-state index in [0.717, 1.165) is 18.1 Å². The van der Waals surface area contributed by atoms with Crippen molar-refractivity contribution in [1.29, 1.82) is 0 Å². The van der Waals surface area contributed by atoms with Gasteiger partial charge in [-0.05, 0) is 45.7 Å². The molecular weight excluding hydrogens is 210 g/mol. The predicted octanol–water partition coefficient (Wildman–Crippen LogP) is 4.44.